The van der Waals surface area contributed by atoms with Crippen LogP contribution in [0.15, 0.2) is 30.3 Å². The molecule has 0 saturated carbocycles. The Kier molecular flexibility index (Phi) is 4.41. The zero-order chi connectivity index (χ0) is 16.2. The fourth-order valence-electron chi connectivity index (χ4n) is 2.63. The van der Waals surface area contributed by atoms with Crippen molar-refractivity contribution >= 4 is 23.4 Å². The van der Waals surface area contributed by atoms with Gasteiger partial charge in [-0.05, 0) is 44.0 Å². The molecule has 0 aliphatic carbocycles. The van der Waals surface area contributed by atoms with Crippen LogP contribution in [0.25, 0.3) is 0 Å². The second-order valence-corrected chi connectivity index (χ2v) is 5.58. The van der Waals surface area contributed by atoms with Crippen molar-refractivity contribution in [2.24, 2.45) is 0 Å². The topological polar surface area (TPSA) is 67.3 Å². The quantitative estimate of drug-likeness (QED) is 0.876. The Morgan fingerprint density at radius 1 is 1.17 bits per heavy atom. The lowest BCUT2D eigenvalue weighted by Gasteiger charge is -2.17. The molecule has 6 heteroatoms. The Labute approximate surface area is 135 Å². The molecule has 23 heavy (non-hydrogen) atoms. The Bertz CT molecular complexity index is 694. The molecule has 0 radical (unpaired) electrons. The second-order valence-electron chi connectivity index (χ2n) is 5.58. The molecule has 1 aliphatic rings. The van der Waals surface area contributed by atoms with Crippen molar-refractivity contribution < 1.29 is 9.53 Å². The minimum absolute atomic E-state index is 0.342. The largest absolute Gasteiger partial charge is 0.465 e. The van der Waals surface area contributed by atoms with E-state index in [9.17, 15) is 4.79 Å². The summed E-state index contributed by atoms with van der Waals surface area (Å²) in [7, 11) is 1.37. The highest BCUT2D eigenvalue weighted by Crippen LogP contribution is 2.21. The van der Waals surface area contributed by atoms with Crippen LogP contribution in [-0.2, 0) is 4.74 Å². The molecule has 1 N–H and O–H groups in total. The number of esters is 1. The van der Waals surface area contributed by atoms with Gasteiger partial charge in [-0.3, -0.25) is 0 Å². The zero-order valence-electron chi connectivity index (χ0n) is 13.4. The number of aryl methyl sites for hydroxylation is 1. The summed E-state index contributed by atoms with van der Waals surface area (Å²) in [6.07, 6.45) is 2.38. The average Bonchev–Trinajstić information content (AvgIpc) is 3.09. The van der Waals surface area contributed by atoms with E-state index < -0.39 is 0 Å². The predicted octanol–water partition coefficient (Wildman–Crippen LogP) is 2.92. The average molecular weight is 312 g/mol. The van der Waals surface area contributed by atoms with E-state index >= 15 is 0 Å². The monoisotopic (exact) mass is 312 g/mol. The van der Waals surface area contributed by atoms with E-state index in [2.05, 4.69) is 20.2 Å². The number of nitrogens with zero attached hydrogens (tertiary/aromatic N) is 3. The lowest BCUT2D eigenvalue weighted by molar-refractivity contribution is 0.0601. The van der Waals surface area contributed by atoms with Crippen LogP contribution in [0.4, 0.5) is 17.5 Å². The number of methoxy groups -OCH3 is 1. The van der Waals surface area contributed by atoms with Gasteiger partial charge in [0, 0.05) is 30.5 Å². The number of carbonyl (C=O) groups is 1. The first-order chi connectivity index (χ1) is 11.2. The van der Waals surface area contributed by atoms with E-state index in [0.29, 0.717) is 5.56 Å². The molecule has 0 spiro atoms. The summed E-state index contributed by atoms with van der Waals surface area (Å²) in [5.41, 5.74) is 2.31. The minimum atomic E-state index is -0.342. The zero-order valence-corrected chi connectivity index (χ0v) is 13.4. The number of benzene rings is 1. The van der Waals surface area contributed by atoms with E-state index in [-0.39, 0.29) is 5.97 Å². The van der Waals surface area contributed by atoms with Gasteiger partial charge in [0.1, 0.15) is 5.82 Å². The number of aromatic nitrogens is 2. The maximum Gasteiger partial charge on any atom is 0.337 e. The maximum atomic E-state index is 11.5. The van der Waals surface area contributed by atoms with Crippen LogP contribution in [0.2, 0.25) is 0 Å². The molecule has 1 aromatic carbocycles. The van der Waals surface area contributed by atoms with Gasteiger partial charge in [0.15, 0.2) is 0 Å². The molecule has 1 saturated heterocycles. The molecule has 1 aliphatic heterocycles. The Hall–Kier alpha value is -2.63. The number of hydrogen-bond acceptors (Lipinski definition) is 6. The number of hydrogen-bond donors (Lipinski definition) is 1. The molecule has 0 unspecified atom stereocenters. The van der Waals surface area contributed by atoms with Crippen LogP contribution < -0.4 is 10.2 Å². The lowest BCUT2D eigenvalue weighted by Crippen LogP contribution is -2.21. The Morgan fingerprint density at radius 3 is 2.52 bits per heavy atom. The van der Waals surface area contributed by atoms with Crippen molar-refractivity contribution in [2.45, 2.75) is 19.8 Å². The fourth-order valence-corrected chi connectivity index (χ4v) is 2.63. The first-order valence-electron chi connectivity index (χ1n) is 7.72. The van der Waals surface area contributed by atoms with E-state index in [1.54, 1.807) is 12.1 Å². The standard InChI is InChI=1S/C17H20N4O2/c1-12-11-15(20-17(18-12)21-9-3-4-10-21)19-14-7-5-13(6-8-14)16(22)23-2/h5-8,11H,3-4,9-10H2,1-2H3,(H,18,19,20). The molecule has 0 amide bonds. The summed E-state index contributed by atoms with van der Waals surface area (Å²) in [6, 6.07) is 9.03. The number of nitrogens with one attached hydrogen (secondary N) is 1. The SMILES string of the molecule is COC(=O)c1ccc(Nc2cc(C)nc(N3CCCC3)n2)cc1. The molecule has 2 heterocycles. The van der Waals surface area contributed by atoms with Gasteiger partial charge in [0.05, 0.1) is 12.7 Å². The number of anilines is 3. The van der Waals surface area contributed by atoms with Crippen LogP contribution in [-0.4, -0.2) is 36.1 Å². The van der Waals surface area contributed by atoms with Crippen molar-refractivity contribution in [1.82, 2.24) is 9.97 Å². The Balaban J connectivity index is 1.78. The van der Waals surface area contributed by atoms with Crippen LogP contribution in [0.3, 0.4) is 0 Å². The highest BCUT2D eigenvalue weighted by molar-refractivity contribution is 5.89. The number of ether oxygens (including phenoxy) is 1. The lowest BCUT2D eigenvalue weighted by atomic mass is 10.2. The van der Waals surface area contributed by atoms with Crippen LogP contribution in [0.1, 0.15) is 28.9 Å². The molecule has 1 fully saturated rings. The van der Waals surface area contributed by atoms with Crippen molar-refractivity contribution in [2.75, 3.05) is 30.4 Å². The summed E-state index contributed by atoms with van der Waals surface area (Å²) in [6.45, 7) is 3.99. The number of carbonyl (C=O) groups excluding carboxylic acids is 1. The summed E-state index contributed by atoms with van der Waals surface area (Å²) in [5, 5.41) is 3.26. The third-order valence-electron chi connectivity index (χ3n) is 3.81. The number of rotatable bonds is 4. The van der Waals surface area contributed by atoms with Gasteiger partial charge in [-0.15, -0.1) is 0 Å². The molecule has 6 nitrogen and oxygen atoms in total. The van der Waals surface area contributed by atoms with E-state index in [1.165, 1.54) is 20.0 Å². The van der Waals surface area contributed by atoms with Gasteiger partial charge in [0.25, 0.3) is 0 Å². The van der Waals surface area contributed by atoms with Crippen LogP contribution >= 0.6 is 0 Å². The molecule has 3 rings (SSSR count). The summed E-state index contributed by atoms with van der Waals surface area (Å²) >= 11 is 0. The van der Waals surface area contributed by atoms with Crippen molar-refractivity contribution in [3.63, 3.8) is 0 Å². The molecule has 0 atom stereocenters. The van der Waals surface area contributed by atoms with Crippen LogP contribution in [0, 0.1) is 6.92 Å². The summed E-state index contributed by atoms with van der Waals surface area (Å²) in [5.74, 6) is 1.19. The summed E-state index contributed by atoms with van der Waals surface area (Å²) in [4.78, 5) is 22.8. The molecule has 1 aromatic heterocycles. The van der Waals surface area contributed by atoms with E-state index in [4.69, 9.17) is 4.74 Å². The normalized spacial score (nSPS) is 13.9. The summed E-state index contributed by atoms with van der Waals surface area (Å²) < 4.78 is 4.70. The van der Waals surface area contributed by atoms with Gasteiger partial charge < -0.3 is 15.0 Å². The predicted molar refractivity (Wildman–Crippen MR) is 89.3 cm³/mol. The molecule has 120 valence electrons. The van der Waals surface area contributed by atoms with Crippen LogP contribution in [0.5, 0.6) is 0 Å². The van der Waals surface area contributed by atoms with Crippen molar-refractivity contribution in [3.8, 4) is 0 Å². The molecule has 2 aromatic rings. The highest BCUT2D eigenvalue weighted by atomic mass is 16.5. The first kappa shape index (κ1) is 15.3. The van der Waals surface area contributed by atoms with E-state index in [0.717, 1.165) is 36.2 Å². The van der Waals surface area contributed by atoms with Crippen molar-refractivity contribution in [3.05, 3.63) is 41.6 Å². The van der Waals surface area contributed by atoms with Gasteiger partial charge in [-0.25, -0.2) is 9.78 Å². The second kappa shape index (κ2) is 6.64. The third kappa shape index (κ3) is 3.59. The third-order valence-corrected chi connectivity index (χ3v) is 3.81. The van der Waals surface area contributed by atoms with Gasteiger partial charge in [0.2, 0.25) is 5.95 Å². The highest BCUT2D eigenvalue weighted by Gasteiger charge is 2.16. The molecular weight excluding hydrogens is 292 g/mol. The smallest absolute Gasteiger partial charge is 0.337 e. The molecular formula is C17H20N4O2. The van der Waals surface area contributed by atoms with E-state index in [1.807, 2.05) is 25.1 Å². The van der Waals surface area contributed by atoms with Crippen molar-refractivity contribution in [1.29, 1.82) is 0 Å². The molecule has 0 bridgehead atoms. The van der Waals surface area contributed by atoms with Gasteiger partial charge in [-0.2, -0.15) is 4.98 Å². The minimum Gasteiger partial charge on any atom is -0.465 e. The van der Waals surface area contributed by atoms with Gasteiger partial charge >= 0.3 is 5.97 Å². The Morgan fingerprint density at radius 2 is 1.87 bits per heavy atom. The first-order valence-corrected chi connectivity index (χ1v) is 7.72. The van der Waals surface area contributed by atoms with Gasteiger partial charge in [-0.1, -0.05) is 0 Å². The fraction of sp³-hybridized carbons (Fsp3) is 0.353. The maximum absolute atomic E-state index is 11.5.